The van der Waals surface area contributed by atoms with Crippen LogP contribution in [0, 0.1) is 11.6 Å². The van der Waals surface area contributed by atoms with Crippen LogP contribution in [-0.4, -0.2) is 23.3 Å². The predicted molar refractivity (Wildman–Crippen MR) is 62.9 cm³/mol. The second-order valence-electron chi connectivity index (χ2n) is 5.36. The number of halogens is 2. The Kier molecular flexibility index (Phi) is 3.17. The van der Waals surface area contributed by atoms with Gasteiger partial charge in [-0.1, -0.05) is 6.07 Å². The van der Waals surface area contributed by atoms with Crippen molar-refractivity contribution in [2.45, 2.75) is 38.1 Å². The van der Waals surface area contributed by atoms with E-state index in [9.17, 15) is 13.9 Å². The summed E-state index contributed by atoms with van der Waals surface area (Å²) in [4.78, 5) is 0. The van der Waals surface area contributed by atoms with Crippen molar-refractivity contribution in [1.29, 1.82) is 0 Å². The van der Waals surface area contributed by atoms with Gasteiger partial charge in [0.05, 0.1) is 12.6 Å². The molecular formula is C13H17F2NO2. The van der Waals surface area contributed by atoms with Crippen LogP contribution in [0.3, 0.4) is 0 Å². The number of rotatable bonds is 1. The van der Waals surface area contributed by atoms with Gasteiger partial charge in [-0.25, -0.2) is 8.78 Å². The molecule has 1 aliphatic rings. The van der Waals surface area contributed by atoms with Gasteiger partial charge in [0, 0.05) is 11.1 Å². The summed E-state index contributed by atoms with van der Waals surface area (Å²) < 4.78 is 31.6. The zero-order valence-corrected chi connectivity index (χ0v) is 10.6. The molecule has 1 aromatic rings. The highest BCUT2D eigenvalue weighted by atomic mass is 19.2. The molecule has 0 unspecified atom stereocenters. The Morgan fingerprint density at radius 2 is 2.00 bits per heavy atom. The third-order valence-corrected chi connectivity index (χ3v) is 3.18. The molecule has 2 N–H and O–H groups in total. The Morgan fingerprint density at radius 1 is 1.33 bits per heavy atom. The van der Waals surface area contributed by atoms with Crippen molar-refractivity contribution in [3.63, 3.8) is 0 Å². The largest absolute Gasteiger partial charge is 0.361 e. The Bertz CT molecular complexity index is 464. The molecule has 0 aliphatic carbocycles. The van der Waals surface area contributed by atoms with Gasteiger partial charge in [-0.15, -0.1) is 0 Å². The van der Waals surface area contributed by atoms with Crippen LogP contribution in [0.5, 0.6) is 0 Å². The van der Waals surface area contributed by atoms with E-state index in [4.69, 9.17) is 4.74 Å². The molecule has 1 aliphatic heterocycles. The molecule has 2 rings (SSSR count). The summed E-state index contributed by atoms with van der Waals surface area (Å²) in [5, 5.41) is 13.7. The molecule has 0 radical (unpaired) electrons. The molecule has 0 bridgehead atoms. The van der Waals surface area contributed by atoms with Crippen LogP contribution in [-0.2, 0) is 10.5 Å². The third-order valence-electron chi connectivity index (χ3n) is 3.18. The van der Waals surface area contributed by atoms with Crippen LogP contribution in [0.25, 0.3) is 0 Å². The molecule has 0 amide bonds. The highest BCUT2D eigenvalue weighted by molar-refractivity contribution is 5.24. The van der Waals surface area contributed by atoms with E-state index in [1.54, 1.807) is 6.92 Å². The average molecular weight is 257 g/mol. The van der Waals surface area contributed by atoms with Gasteiger partial charge < -0.3 is 15.2 Å². The van der Waals surface area contributed by atoms with E-state index in [1.807, 2.05) is 13.8 Å². The maximum Gasteiger partial charge on any atom is 0.208 e. The minimum absolute atomic E-state index is 0.205. The zero-order valence-electron chi connectivity index (χ0n) is 10.6. The van der Waals surface area contributed by atoms with E-state index in [1.165, 1.54) is 6.07 Å². The Morgan fingerprint density at radius 3 is 2.56 bits per heavy atom. The molecule has 100 valence electrons. The second-order valence-corrected chi connectivity index (χ2v) is 5.36. The first-order valence-corrected chi connectivity index (χ1v) is 5.84. The first-order chi connectivity index (χ1) is 8.24. The van der Waals surface area contributed by atoms with Crippen molar-refractivity contribution < 1.29 is 18.6 Å². The summed E-state index contributed by atoms with van der Waals surface area (Å²) in [7, 11) is 0. The van der Waals surface area contributed by atoms with Gasteiger partial charge in [0.2, 0.25) is 5.79 Å². The van der Waals surface area contributed by atoms with E-state index in [-0.39, 0.29) is 17.7 Å². The molecular weight excluding hydrogens is 240 g/mol. The fourth-order valence-corrected chi connectivity index (χ4v) is 2.19. The number of aliphatic hydroxyl groups is 1. The summed E-state index contributed by atoms with van der Waals surface area (Å²) >= 11 is 0. The number of hydrogen-bond donors (Lipinski definition) is 2. The number of morpholine rings is 1. The first kappa shape index (κ1) is 13.4. The van der Waals surface area contributed by atoms with Crippen molar-refractivity contribution in [3.8, 4) is 0 Å². The molecule has 1 aromatic carbocycles. The van der Waals surface area contributed by atoms with Gasteiger partial charge >= 0.3 is 0 Å². The zero-order chi connectivity index (χ0) is 13.6. The summed E-state index contributed by atoms with van der Waals surface area (Å²) in [6, 6.07) is 2.84. The van der Waals surface area contributed by atoms with Crippen LogP contribution < -0.4 is 5.32 Å². The lowest BCUT2D eigenvalue weighted by atomic mass is 9.92. The quantitative estimate of drug-likeness (QED) is 0.807. The third kappa shape index (κ3) is 2.25. The second kappa shape index (κ2) is 4.26. The molecule has 2 atom stereocenters. The van der Waals surface area contributed by atoms with Crippen LogP contribution in [0.2, 0.25) is 0 Å². The highest BCUT2D eigenvalue weighted by Crippen LogP contribution is 2.33. The van der Waals surface area contributed by atoms with Crippen molar-refractivity contribution in [3.05, 3.63) is 35.4 Å². The minimum Gasteiger partial charge on any atom is -0.361 e. The number of nitrogens with one attached hydrogen (secondary N) is 1. The Balaban J connectivity index is 2.34. The molecule has 1 fully saturated rings. The molecule has 1 saturated heterocycles. The summed E-state index contributed by atoms with van der Waals surface area (Å²) in [6.45, 7) is 5.89. The Labute approximate surface area is 105 Å². The van der Waals surface area contributed by atoms with Gasteiger partial charge in [-0.05, 0) is 32.9 Å². The smallest absolute Gasteiger partial charge is 0.208 e. The summed E-state index contributed by atoms with van der Waals surface area (Å²) in [6.07, 6.45) is 0. The van der Waals surface area contributed by atoms with Crippen LogP contribution in [0.4, 0.5) is 8.78 Å². The van der Waals surface area contributed by atoms with Crippen molar-refractivity contribution in [1.82, 2.24) is 5.32 Å². The summed E-state index contributed by atoms with van der Waals surface area (Å²) in [5.41, 5.74) is -0.0681. The minimum atomic E-state index is -1.65. The van der Waals surface area contributed by atoms with Crippen LogP contribution >= 0.6 is 0 Å². The lowest BCUT2D eigenvalue weighted by Crippen LogP contribution is -2.63. The average Bonchev–Trinajstić information content (AvgIpc) is 2.27. The lowest BCUT2D eigenvalue weighted by Gasteiger charge is -2.46. The predicted octanol–water partition coefficient (Wildman–Crippen LogP) is 1.90. The van der Waals surface area contributed by atoms with Gasteiger partial charge in [-0.3, -0.25) is 0 Å². The molecule has 0 spiro atoms. The standard InChI is InChI=1S/C13H17F2NO2/c1-8-13(17,18-7-12(2,3)16-8)9-4-5-10(14)11(15)6-9/h4-6,8,16-17H,7H2,1-3H3/t8-,13+/m0/s1. The van der Waals surface area contributed by atoms with Gasteiger partial charge in [0.15, 0.2) is 11.6 Å². The molecule has 5 heteroatoms. The van der Waals surface area contributed by atoms with Crippen molar-refractivity contribution >= 4 is 0 Å². The van der Waals surface area contributed by atoms with Crippen molar-refractivity contribution in [2.75, 3.05) is 6.61 Å². The van der Waals surface area contributed by atoms with E-state index in [2.05, 4.69) is 5.32 Å². The fraction of sp³-hybridized carbons (Fsp3) is 0.538. The highest BCUT2D eigenvalue weighted by Gasteiger charge is 2.45. The summed E-state index contributed by atoms with van der Waals surface area (Å²) in [5.74, 6) is -3.59. The number of hydrogen-bond acceptors (Lipinski definition) is 3. The monoisotopic (exact) mass is 257 g/mol. The Hall–Kier alpha value is -1.04. The normalized spacial score (nSPS) is 31.3. The van der Waals surface area contributed by atoms with E-state index in [0.29, 0.717) is 0 Å². The van der Waals surface area contributed by atoms with Crippen molar-refractivity contribution in [2.24, 2.45) is 0 Å². The molecule has 18 heavy (non-hydrogen) atoms. The number of ether oxygens (including phenoxy) is 1. The molecule has 1 heterocycles. The van der Waals surface area contributed by atoms with Crippen LogP contribution in [0.1, 0.15) is 26.3 Å². The molecule has 3 nitrogen and oxygen atoms in total. The van der Waals surface area contributed by atoms with E-state index >= 15 is 0 Å². The topological polar surface area (TPSA) is 41.5 Å². The fourth-order valence-electron chi connectivity index (χ4n) is 2.19. The molecule has 0 saturated carbocycles. The lowest BCUT2D eigenvalue weighted by molar-refractivity contribution is -0.263. The van der Waals surface area contributed by atoms with Gasteiger partial charge in [-0.2, -0.15) is 0 Å². The first-order valence-electron chi connectivity index (χ1n) is 5.84. The molecule has 0 aromatic heterocycles. The maximum atomic E-state index is 13.2. The SMILES string of the molecule is C[C@@H]1NC(C)(C)CO[C@@]1(O)c1ccc(F)c(F)c1. The number of benzene rings is 1. The van der Waals surface area contributed by atoms with Crippen LogP contribution in [0.15, 0.2) is 18.2 Å². The van der Waals surface area contributed by atoms with E-state index in [0.717, 1.165) is 12.1 Å². The van der Waals surface area contributed by atoms with E-state index < -0.39 is 23.5 Å². The van der Waals surface area contributed by atoms with Gasteiger partial charge in [0.1, 0.15) is 0 Å². The van der Waals surface area contributed by atoms with Gasteiger partial charge in [0.25, 0.3) is 0 Å². The maximum absolute atomic E-state index is 13.2.